The van der Waals surface area contributed by atoms with Crippen LogP contribution in [-0.2, 0) is 0 Å². The van der Waals surface area contributed by atoms with Gasteiger partial charge in [0.25, 0.3) is 0 Å². The van der Waals surface area contributed by atoms with Crippen molar-refractivity contribution < 1.29 is 4.74 Å². The second-order valence-corrected chi connectivity index (χ2v) is 6.48. The van der Waals surface area contributed by atoms with Crippen molar-refractivity contribution in [3.05, 3.63) is 64.7 Å². The fourth-order valence-electron chi connectivity index (χ4n) is 3.44. The van der Waals surface area contributed by atoms with Gasteiger partial charge in [-0.3, -0.25) is 0 Å². The normalized spacial score (nSPS) is 19.2. The van der Waals surface area contributed by atoms with E-state index < -0.39 is 0 Å². The first kappa shape index (κ1) is 15.6. The minimum atomic E-state index is 0.0222. The number of hydrogen-bond acceptors (Lipinski definition) is 5. The second kappa shape index (κ2) is 6.20. The summed E-state index contributed by atoms with van der Waals surface area (Å²) in [5.74, 6) is 1.54. The van der Waals surface area contributed by atoms with Crippen LogP contribution in [0.15, 0.2) is 42.5 Å². The molecule has 1 N–H and O–H groups in total. The number of nitrogens with one attached hydrogen (secondary N) is 1. The van der Waals surface area contributed by atoms with Gasteiger partial charge < -0.3 is 10.1 Å². The molecule has 1 aliphatic heterocycles. The third kappa shape index (κ3) is 2.73. The van der Waals surface area contributed by atoms with Gasteiger partial charge in [-0.15, -0.1) is 0 Å². The van der Waals surface area contributed by atoms with Crippen molar-refractivity contribution in [3.8, 4) is 5.75 Å². The van der Waals surface area contributed by atoms with Gasteiger partial charge in [0.1, 0.15) is 5.75 Å². The van der Waals surface area contributed by atoms with E-state index >= 15 is 0 Å². The molecule has 2 heterocycles. The van der Waals surface area contributed by atoms with Gasteiger partial charge in [-0.25, -0.2) is 4.68 Å². The van der Waals surface area contributed by atoms with E-state index in [4.69, 9.17) is 4.74 Å². The maximum Gasteiger partial charge on any atom is 0.243 e. The Hall–Kier alpha value is -2.89. The molecular weight excluding hydrogens is 314 g/mol. The highest BCUT2D eigenvalue weighted by atomic mass is 16.5. The summed E-state index contributed by atoms with van der Waals surface area (Å²) < 4.78 is 7.41. The van der Waals surface area contributed by atoms with Crippen LogP contribution in [-0.4, -0.2) is 27.3 Å². The number of aryl methyl sites for hydroxylation is 2. The van der Waals surface area contributed by atoms with E-state index in [0.29, 0.717) is 5.95 Å². The van der Waals surface area contributed by atoms with Gasteiger partial charge in [-0.05, 0) is 53.5 Å². The van der Waals surface area contributed by atoms with E-state index in [9.17, 15) is 0 Å². The van der Waals surface area contributed by atoms with E-state index in [0.717, 1.165) is 17.7 Å². The largest absolute Gasteiger partial charge is 0.496 e. The number of hydrogen-bond donors (Lipinski definition) is 1. The van der Waals surface area contributed by atoms with Crippen LogP contribution >= 0.6 is 0 Å². The van der Waals surface area contributed by atoms with Crippen LogP contribution in [0.4, 0.5) is 5.95 Å². The Morgan fingerprint density at radius 1 is 1.12 bits per heavy atom. The number of nitrogens with zero attached hydrogens (tertiary/aromatic N) is 4. The summed E-state index contributed by atoms with van der Waals surface area (Å²) in [5, 5.41) is 15.7. The molecule has 2 aromatic carbocycles. The third-order valence-electron chi connectivity index (χ3n) is 4.98. The first-order chi connectivity index (χ1) is 12.2. The van der Waals surface area contributed by atoms with E-state index in [1.54, 1.807) is 7.11 Å². The van der Waals surface area contributed by atoms with Gasteiger partial charge in [0.05, 0.1) is 19.2 Å². The van der Waals surface area contributed by atoms with Crippen LogP contribution in [0.5, 0.6) is 5.75 Å². The zero-order valence-corrected chi connectivity index (χ0v) is 14.6. The summed E-state index contributed by atoms with van der Waals surface area (Å²) in [6, 6.07) is 14.8. The molecule has 0 bridgehead atoms. The number of aromatic nitrogens is 4. The molecule has 3 aromatic rings. The summed E-state index contributed by atoms with van der Waals surface area (Å²) in [4.78, 5) is 0. The predicted octanol–water partition coefficient (Wildman–Crippen LogP) is 3.44. The molecule has 0 saturated heterocycles. The molecule has 0 saturated carbocycles. The van der Waals surface area contributed by atoms with Gasteiger partial charge in [0.2, 0.25) is 5.95 Å². The lowest BCUT2D eigenvalue weighted by Gasteiger charge is -2.31. The number of benzene rings is 2. The Labute approximate surface area is 146 Å². The Morgan fingerprint density at radius 2 is 1.96 bits per heavy atom. The van der Waals surface area contributed by atoms with Crippen molar-refractivity contribution >= 4 is 5.95 Å². The highest BCUT2D eigenvalue weighted by Gasteiger charge is 2.32. The summed E-state index contributed by atoms with van der Waals surface area (Å²) in [5.41, 5.74) is 4.93. The van der Waals surface area contributed by atoms with Gasteiger partial charge in [0.15, 0.2) is 0 Å². The second-order valence-electron chi connectivity index (χ2n) is 6.48. The molecule has 0 fully saturated rings. The van der Waals surface area contributed by atoms with Gasteiger partial charge in [-0.2, -0.15) is 0 Å². The first-order valence-electron chi connectivity index (χ1n) is 8.42. The van der Waals surface area contributed by atoms with Crippen molar-refractivity contribution in [2.45, 2.75) is 32.4 Å². The number of ether oxygens (including phenoxy) is 1. The third-order valence-corrected chi connectivity index (χ3v) is 4.98. The van der Waals surface area contributed by atoms with Crippen LogP contribution < -0.4 is 10.1 Å². The maximum atomic E-state index is 5.56. The van der Waals surface area contributed by atoms with Gasteiger partial charge >= 0.3 is 0 Å². The molecule has 1 aliphatic rings. The van der Waals surface area contributed by atoms with Crippen molar-refractivity contribution in [2.75, 3.05) is 12.4 Å². The average molecular weight is 335 g/mol. The van der Waals surface area contributed by atoms with Crippen molar-refractivity contribution in [1.29, 1.82) is 0 Å². The Balaban J connectivity index is 1.76. The number of methoxy groups -OCH3 is 1. The SMILES string of the molecule is COc1ccccc1[C@@H]1C[C@@H](c2ccc(C)c(C)c2)Nc2nnnn21. The summed E-state index contributed by atoms with van der Waals surface area (Å²) in [7, 11) is 1.70. The zero-order chi connectivity index (χ0) is 17.4. The molecule has 6 heteroatoms. The predicted molar refractivity (Wildman–Crippen MR) is 95.8 cm³/mol. The average Bonchev–Trinajstić information content (AvgIpc) is 3.12. The Morgan fingerprint density at radius 3 is 2.76 bits per heavy atom. The number of rotatable bonds is 3. The number of fused-ring (bicyclic) bond motifs is 1. The van der Waals surface area contributed by atoms with Crippen molar-refractivity contribution in [1.82, 2.24) is 20.2 Å². The summed E-state index contributed by atoms with van der Waals surface area (Å²) in [6.45, 7) is 4.27. The summed E-state index contributed by atoms with van der Waals surface area (Å²) in [6.07, 6.45) is 0.848. The minimum absolute atomic E-state index is 0.0222. The molecule has 25 heavy (non-hydrogen) atoms. The molecule has 2 atom stereocenters. The van der Waals surface area contributed by atoms with Crippen LogP contribution in [0.25, 0.3) is 0 Å². The highest BCUT2D eigenvalue weighted by Crippen LogP contribution is 2.40. The van der Waals surface area contributed by atoms with Crippen LogP contribution in [0, 0.1) is 13.8 Å². The molecule has 6 nitrogen and oxygen atoms in total. The number of para-hydroxylation sites is 1. The highest BCUT2D eigenvalue weighted by molar-refractivity contribution is 5.43. The molecule has 1 aromatic heterocycles. The van der Waals surface area contributed by atoms with Gasteiger partial charge in [-0.1, -0.05) is 41.5 Å². The number of tetrazole rings is 1. The maximum absolute atomic E-state index is 5.56. The molecule has 0 aliphatic carbocycles. The van der Waals surface area contributed by atoms with E-state index in [2.05, 4.69) is 59.0 Å². The molecule has 0 radical (unpaired) electrons. The fraction of sp³-hybridized carbons (Fsp3) is 0.316. The lowest BCUT2D eigenvalue weighted by Crippen LogP contribution is -2.28. The van der Waals surface area contributed by atoms with Crippen LogP contribution in [0.3, 0.4) is 0 Å². The lowest BCUT2D eigenvalue weighted by atomic mass is 9.91. The first-order valence-corrected chi connectivity index (χ1v) is 8.42. The van der Waals surface area contributed by atoms with E-state index in [1.807, 2.05) is 22.9 Å². The molecule has 0 unspecified atom stereocenters. The van der Waals surface area contributed by atoms with Crippen LogP contribution in [0.1, 0.15) is 40.8 Å². The standard InChI is InChI=1S/C19H21N5O/c1-12-8-9-14(10-13(12)2)16-11-17(24-19(20-16)21-22-23-24)15-6-4-5-7-18(15)25-3/h4-10,16-17H,11H2,1-3H3,(H,20,21,23)/t16-,17-/m0/s1. The monoisotopic (exact) mass is 335 g/mol. The fourth-order valence-corrected chi connectivity index (χ4v) is 3.44. The van der Waals surface area contributed by atoms with E-state index in [1.165, 1.54) is 16.7 Å². The smallest absolute Gasteiger partial charge is 0.243 e. The van der Waals surface area contributed by atoms with Gasteiger partial charge in [0, 0.05) is 5.56 Å². The van der Waals surface area contributed by atoms with Crippen molar-refractivity contribution in [2.24, 2.45) is 0 Å². The topological polar surface area (TPSA) is 64.9 Å². The quantitative estimate of drug-likeness (QED) is 0.794. The minimum Gasteiger partial charge on any atom is -0.496 e. The number of anilines is 1. The molecule has 0 amide bonds. The molecule has 4 rings (SSSR count). The summed E-state index contributed by atoms with van der Waals surface area (Å²) >= 11 is 0. The Kier molecular flexibility index (Phi) is 3.87. The molecule has 0 spiro atoms. The van der Waals surface area contributed by atoms with E-state index in [-0.39, 0.29) is 12.1 Å². The Bertz CT molecular complexity index is 904. The molecular formula is C19H21N5O. The lowest BCUT2D eigenvalue weighted by molar-refractivity contribution is 0.377. The van der Waals surface area contributed by atoms with Crippen molar-refractivity contribution in [3.63, 3.8) is 0 Å². The zero-order valence-electron chi connectivity index (χ0n) is 14.6. The van der Waals surface area contributed by atoms with Crippen LogP contribution in [0.2, 0.25) is 0 Å². The molecule has 128 valence electrons.